The fraction of sp³-hybridized carbons (Fsp3) is 0.182. The van der Waals surface area contributed by atoms with Crippen molar-refractivity contribution in [3.8, 4) is 0 Å². The highest BCUT2D eigenvalue weighted by molar-refractivity contribution is 7.12. The highest BCUT2D eigenvalue weighted by Crippen LogP contribution is 2.14. The summed E-state index contributed by atoms with van der Waals surface area (Å²) in [7, 11) is 0. The molecule has 0 fully saturated rings. The molecular weight excluding hydrogens is 222 g/mol. The average Bonchev–Trinajstić information content (AvgIpc) is 2.64. The summed E-state index contributed by atoms with van der Waals surface area (Å²) in [5.41, 5.74) is 3.28. The van der Waals surface area contributed by atoms with E-state index in [-0.39, 0.29) is 5.91 Å². The molecule has 0 aliphatic carbocycles. The van der Waals surface area contributed by atoms with Gasteiger partial charge in [-0.2, -0.15) is 0 Å². The second-order valence-corrected chi connectivity index (χ2v) is 4.24. The quantitative estimate of drug-likeness (QED) is 0.866. The van der Waals surface area contributed by atoms with E-state index in [4.69, 9.17) is 0 Å². The van der Waals surface area contributed by atoms with Crippen molar-refractivity contribution < 1.29 is 4.79 Å². The number of anilines is 1. The van der Waals surface area contributed by atoms with Crippen LogP contribution in [0, 0.1) is 13.8 Å². The van der Waals surface area contributed by atoms with Gasteiger partial charge in [-0.3, -0.25) is 4.79 Å². The third-order valence-corrected chi connectivity index (χ3v) is 3.01. The molecule has 2 heterocycles. The van der Waals surface area contributed by atoms with Crippen LogP contribution in [-0.4, -0.2) is 15.9 Å². The first kappa shape index (κ1) is 10.8. The van der Waals surface area contributed by atoms with E-state index in [1.54, 1.807) is 11.6 Å². The molecule has 0 spiro atoms. The Balaban J connectivity index is 2.17. The molecule has 1 amide bonds. The summed E-state index contributed by atoms with van der Waals surface area (Å²) in [5.74, 6) is 0.413. The van der Waals surface area contributed by atoms with Gasteiger partial charge in [0.05, 0.1) is 11.2 Å². The van der Waals surface area contributed by atoms with Gasteiger partial charge in [-0.15, -0.1) is 11.3 Å². The summed E-state index contributed by atoms with van der Waals surface area (Å²) in [5, 5.41) is 2.75. The summed E-state index contributed by atoms with van der Waals surface area (Å²) in [6.45, 7) is 3.70. The van der Waals surface area contributed by atoms with Crippen molar-refractivity contribution in [2.75, 3.05) is 5.32 Å². The number of carbonyl (C=O) groups excluding carboxylic acids is 1. The van der Waals surface area contributed by atoms with Crippen LogP contribution in [0.15, 0.2) is 23.7 Å². The van der Waals surface area contributed by atoms with Crippen LogP contribution in [-0.2, 0) is 0 Å². The van der Waals surface area contributed by atoms with E-state index in [1.807, 2.05) is 26.0 Å². The van der Waals surface area contributed by atoms with Crippen LogP contribution in [0.3, 0.4) is 0 Å². The number of amides is 1. The van der Waals surface area contributed by atoms with Gasteiger partial charge in [-0.25, -0.2) is 9.97 Å². The van der Waals surface area contributed by atoms with Crippen LogP contribution < -0.4 is 5.32 Å². The summed E-state index contributed by atoms with van der Waals surface area (Å²) in [6, 6.07) is 5.51. The molecule has 0 radical (unpaired) electrons. The molecule has 0 saturated carbocycles. The van der Waals surface area contributed by atoms with Crippen molar-refractivity contribution >= 4 is 23.1 Å². The number of carbonyl (C=O) groups is 1. The number of hydrogen-bond acceptors (Lipinski definition) is 4. The molecule has 4 nitrogen and oxygen atoms in total. The molecule has 5 heteroatoms. The molecule has 2 aromatic heterocycles. The van der Waals surface area contributed by atoms with Gasteiger partial charge in [0.2, 0.25) is 0 Å². The Kier molecular flexibility index (Phi) is 2.96. The minimum atomic E-state index is -0.155. The molecule has 16 heavy (non-hydrogen) atoms. The monoisotopic (exact) mass is 233 g/mol. The lowest BCUT2D eigenvalue weighted by molar-refractivity contribution is 0.102. The van der Waals surface area contributed by atoms with Crippen molar-refractivity contribution in [3.05, 3.63) is 40.0 Å². The first-order valence-electron chi connectivity index (χ1n) is 4.82. The van der Waals surface area contributed by atoms with Crippen LogP contribution in [0.25, 0.3) is 0 Å². The SMILES string of the molecule is Cc1cccc(NC(=O)c2scnc2C)n1. The minimum Gasteiger partial charge on any atom is -0.306 e. The van der Waals surface area contributed by atoms with Gasteiger partial charge in [0, 0.05) is 5.69 Å². The van der Waals surface area contributed by atoms with Gasteiger partial charge < -0.3 is 5.32 Å². The smallest absolute Gasteiger partial charge is 0.268 e. The normalized spacial score (nSPS) is 10.1. The van der Waals surface area contributed by atoms with Crippen molar-refractivity contribution in [3.63, 3.8) is 0 Å². The number of aromatic nitrogens is 2. The van der Waals surface area contributed by atoms with Gasteiger partial charge >= 0.3 is 0 Å². The maximum atomic E-state index is 11.8. The number of nitrogens with zero attached hydrogens (tertiary/aromatic N) is 2. The molecule has 1 N–H and O–H groups in total. The lowest BCUT2D eigenvalue weighted by Gasteiger charge is -2.03. The summed E-state index contributed by atoms with van der Waals surface area (Å²) in [6.07, 6.45) is 0. The van der Waals surface area contributed by atoms with Gasteiger partial charge in [-0.1, -0.05) is 6.07 Å². The Bertz CT molecular complexity index is 521. The summed E-state index contributed by atoms with van der Waals surface area (Å²) >= 11 is 1.33. The van der Waals surface area contributed by atoms with Gasteiger partial charge in [-0.05, 0) is 26.0 Å². The third-order valence-electron chi connectivity index (χ3n) is 2.08. The zero-order chi connectivity index (χ0) is 11.5. The Morgan fingerprint density at radius 3 is 2.81 bits per heavy atom. The van der Waals surface area contributed by atoms with Crippen LogP contribution in [0.4, 0.5) is 5.82 Å². The Morgan fingerprint density at radius 2 is 2.19 bits per heavy atom. The zero-order valence-electron chi connectivity index (χ0n) is 9.02. The van der Waals surface area contributed by atoms with Crippen LogP contribution in [0.1, 0.15) is 21.1 Å². The van der Waals surface area contributed by atoms with Crippen LogP contribution >= 0.6 is 11.3 Å². The first-order valence-corrected chi connectivity index (χ1v) is 5.70. The third kappa shape index (κ3) is 2.25. The predicted octanol–water partition coefficient (Wildman–Crippen LogP) is 2.41. The highest BCUT2D eigenvalue weighted by atomic mass is 32.1. The predicted molar refractivity (Wildman–Crippen MR) is 63.8 cm³/mol. The van der Waals surface area contributed by atoms with Gasteiger partial charge in [0.1, 0.15) is 10.7 Å². The molecule has 0 bridgehead atoms. The van der Waals surface area contributed by atoms with E-state index >= 15 is 0 Å². The molecule has 2 rings (SSSR count). The fourth-order valence-electron chi connectivity index (χ4n) is 1.31. The Hall–Kier alpha value is -1.75. The molecule has 0 aromatic carbocycles. The van der Waals surface area contributed by atoms with E-state index in [9.17, 15) is 4.79 Å². The molecule has 82 valence electrons. The van der Waals surface area contributed by atoms with E-state index in [2.05, 4.69) is 15.3 Å². The Morgan fingerprint density at radius 1 is 1.38 bits per heavy atom. The van der Waals surface area contributed by atoms with Gasteiger partial charge in [0.15, 0.2) is 0 Å². The van der Waals surface area contributed by atoms with E-state index in [0.717, 1.165) is 11.4 Å². The molecular formula is C11H11N3OS. The lowest BCUT2D eigenvalue weighted by atomic mass is 10.3. The van der Waals surface area contributed by atoms with Gasteiger partial charge in [0.25, 0.3) is 5.91 Å². The molecule has 0 aliphatic rings. The van der Waals surface area contributed by atoms with Crippen LogP contribution in [0.5, 0.6) is 0 Å². The molecule has 0 aliphatic heterocycles. The van der Waals surface area contributed by atoms with Crippen molar-refractivity contribution in [2.24, 2.45) is 0 Å². The zero-order valence-corrected chi connectivity index (χ0v) is 9.84. The largest absolute Gasteiger partial charge is 0.306 e. The first-order chi connectivity index (χ1) is 7.66. The number of aryl methyl sites for hydroxylation is 2. The second-order valence-electron chi connectivity index (χ2n) is 3.39. The van der Waals surface area contributed by atoms with Crippen molar-refractivity contribution in [1.82, 2.24) is 9.97 Å². The minimum absolute atomic E-state index is 0.155. The average molecular weight is 233 g/mol. The lowest BCUT2D eigenvalue weighted by Crippen LogP contribution is -2.12. The van der Waals surface area contributed by atoms with E-state index < -0.39 is 0 Å². The number of hydrogen-bond donors (Lipinski definition) is 1. The standard InChI is InChI=1S/C11H11N3OS/c1-7-4-3-5-9(13-7)14-11(15)10-8(2)12-6-16-10/h3-6H,1-2H3,(H,13,14,15). The maximum Gasteiger partial charge on any atom is 0.268 e. The summed E-state index contributed by atoms with van der Waals surface area (Å²) in [4.78, 5) is 20.7. The highest BCUT2D eigenvalue weighted by Gasteiger charge is 2.11. The topological polar surface area (TPSA) is 54.9 Å². The van der Waals surface area contributed by atoms with E-state index in [0.29, 0.717) is 10.7 Å². The molecule has 0 atom stereocenters. The number of thiazole rings is 1. The Labute approximate surface area is 97.4 Å². The molecule has 2 aromatic rings. The number of nitrogens with one attached hydrogen (secondary N) is 1. The molecule has 0 saturated heterocycles. The number of pyridine rings is 1. The molecule has 0 unspecified atom stereocenters. The number of rotatable bonds is 2. The van der Waals surface area contributed by atoms with Crippen molar-refractivity contribution in [2.45, 2.75) is 13.8 Å². The van der Waals surface area contributed by atoms with Crippen molar-refractivity contribution in [1.29, 1.82) is 0 Å². The van der Waals surface area contributed by atoms with Crippen LogP contribution in [0.2, 0.25) is 0 Å². The summed E-state index contributed by atoms with van der Waals surface area (Å²) < 4.78 is 0. The fourth-order valence-corrected chi connectivity index (χ4v) is 2.00. The maximum absolute atomic E-state index is 11.8. The van der Waals surface area contributed by atoms with E-state index in [1.165, 1.54) is 11.3 Å². The second kappa shape index (κ2) is 4.40.